The van der Waals surface area contributed by atoms with E-state index in [1.165, 1.54) is 18.4 Å². The number of nitrogens with one attached hydrogen (secondary N) is 2. The molecule has 1 saturated heterocycles. The van der Waals surface area contributed by atoms with Crippen LogP contribution in [0.3, 0.4) is 0 Å². The van der Waals surface area contributed by atoms with Crippen molar-refractivity contribution in [3.05, 3.63) is 16.0 Å². The summed E-state index contributed by atoms with van der Waals surface area (Å²) in [5.41, 5.74) is 0.277. The number of nitrogens with zero attached hydrogens (tertiary/aromatic N) is 1. The Morgan fingerprint density at radius 1 is 1.37 bits per heavy atom. The van der Waals surface area contributed by atoms with E-state index in [0.29, 0.717) is 16.5 Å². The third kappa shape index (κ3) is 3.55. The van der Waals surface area contributed by atoms with E-state index in [9.17, 15) is 19.2 Å². The fraction of sp³-hybridized carbons (Fsp3) is 0.556. The number of carbonyl (C=O) groups is 4. The first-order valence-electron chi connectivity index (χ1n) is 8.81. The fourth-order valence-corrected chi connectivity index (χ4v) is 4.84. The minimum absolute atomic E-state index is 0.385. The summed E-state index contributed by atoms with van der Waals surface area (Å²) in [6, 6.07) is -0.604. The van der Waals surface area contributed by atoms with Gasteiger partial charge < -0.3 is 15.4 Å². The molecule has 1 aliphatic heterocycles. The Kier molecular flexibility index (Phi) is 4.98. The smallest absolute Gasteiger partial charge is 0.341 e. The molecule has 1 aromatic rings. The minimum atomic E-state index is -1.04. The van der Waals surface area contributed by atoms with E-state index in [0.717, 1.165) is 34.6 Å². The van der Waals surface area contributed by atoms with Crippen LogP contribution in [0.25, 0.3) is 0 Å². The summed E-state index contributed by atoms with van der Waals surface area (Å²) in [7, 11) is 1.30. The summed E-state index contributed by atoms with van der Waals surface area (Å²) in [6.45, 7) is 4.90. The topological polar surface area (TPSA) is 105 Å². The van der Waals surface area contributed by atoms with Crippen molar-refractivity contribution in [2.75, 3.05) is 19.0 Å². The van der Waals surface area contributed by atoms with Crippen LogP contribution in [0.5, 0.6) is 0 Å². The number of ether oxygens (including phenoxy) is 1. The van der Waals surface area contributed by atoms with Gasteiger partial charge in [-0.1, -0.05) is 6.92 Å². The van der Waals surface area contributed by atoms with Crippen molar-refractivity contribution in [1.82, 2.24) is 10.2 Å². The molecule has 27 heavy (non-hydrogen) atoms. The normalized spacial score (nSPS) is 20.9. The first-order valence-corrected chi connectivity index (χ1v) is 9.62. The maximum Gasteiger partial charge on any atom is 0.341 e. The van der Waals surface area contributed by atoms with Crippen LogP contribution in [0.2, 0.25) is 0 Å². The highest BCUT2D eigenvalue weighted by atomic mass is 32.1. The minimum Gasteiger partial charge on any atom is -0.465 e. The average molecular weight is 393 g/mol. The lowest BCUT2D eigenvalue weighted by Crippen LogP contribution is -2.41. The third-order valence-corrected chi connectivity index (χ3v) is 6.07. The number of fused-ring (bicyclic) bond motifs is 1. The number of methoxy groups -OCH3 is 1. The Hall–Kier alpha value is -2.42. The van der Waals surface area contributed by atoms with Crippen molar-refractivity contribution in [2.24, 2.45) is 5.92 Å². The van der Waals surface area contributed by atoms with Crippen molar-refractivity contribution in [3.63, 3.8) is 0 Å². The van der Waals surface area contributed by atoms with Crippen LogP contribution in [0, 0.1) is 5.92 Å². The number of imide groups is 1. The van der Waals surface area contributed by atoms with Gasteiger partial charge >= 0.3 is 12.0 Å². The predicted octanol–water partition coefficient (Wildman–Crippen LogP) is 1.93. The van der Waals surface area contributed by atoms with Crippen molar-refractivity contribution in [2.45, 2.75) is 45.6 Å². The van der Waals surface area contributed by atoms with Crippen molar-refractivity contribution < 1.29 is 23.9 Å². The van der Waals surface area contributed by atoms with Gasteiger partial charge in [-0.3, -0.25) is 14.5 Å². The maximum atomic E-state index is 12.5. The molecule has 1 aliphatic carbocycles. The lowest BCUT2D eigenvalue weighted by Gasteiger charge is -2.18. The number of hydrogen-bond donors (Lipinski definition) is 2. The quantitative estimate of drug-likeness (QED) is 0.601. The van der Waals surface area contributed by atoms with Gasteiger partial charge in [-0.2, -0.15) is 0 Å². The SMILES string of the molecule is COC(=O)c1c(NC(=O)CN2C(=O)NC(C)(C)C2=O)sc2c1CCC(C)C2. The summed E-state index contributed by atoms with van der Waals surface area (Å²) >= 11 is 1.36. The van der Waals surface area contributed by atoms with E-state index < -0.39 is 35.9 Å². The molecular weight excluding hydrogens is 370 g/mol. The van der Waals surface area contributed by atoms with Crippen LogP contribution in [-0.2, 0) is 27.2 Å². The molecule has 1 unspecified atom stereocenters. The lowest BCUT2D eigenvalue weighted by molar-refractivity contribution is -0.132. The van der Waals surface area contributed by atoms with Gasteiger partial charge in [0.15, 0.2) is 0 Å². The van der Waals surface area contributed by atoms with Crippen molar-refractivity contribution >= 4 is 40.2 Å². The zero-order valence-electron chi connectivity index (χ0n) is 15.8. The molecule has 0 bridgehead atoms. The number of hydrogen-bond acceptors (Lipinski definition) is 6. The Morgan fingerprint density at radius 2 is 2.07 bits per heavy atom. The molecule has 0 aromatic carbocycles. The van der Waals surface area contributed by atoms with Gasteiger partial charge in [-0.15, -0.1) is 11.3 Å². The van der Waals surface area contributed by atoms with Crippen LogP contribution in [-0.4, -0.2) is 47.9 Å². The largest absolute Gasteiger partial charge is 0.465 e. The molecule has 1 fully saturated rings. The molecule has 4 amide bonds. The van der Waals surface area contributed by atoms with Crippen LogP contribution >= 0.6 is 11.3 Å². The van der Waals surface area contributed by atoms with Crippen LogP contribution in [0.1, 0.15) is 48.0 Å². The van der Waals surface area contributed by atoms with E-state index in [4.69, 9.17) is 4.74 Å². The van der Waals surface area contributed by atoms with Crippen molar-refractivity contribution in [3.8, 4) is 0 Å². The molecule has 0 spiro atoms. The van der Waals surface area contributed by atoms with Gasteiger partial charge in [0.25, 0.3) is 5.91 Å². The Morgan fingerprint density at radius 3 is 2.67 bits per heavy atom. The number of esters is 1. The van der Waals surface area contributed by atoms with E-state index in [2.05, 4.69) is 17.6 Å². The van der Waals surface area contributed by atoms with Crippen LogP contribution in [0.15, 0.2) is 0 Å². The van der Waals surface area contributed by atoms with Gasteiger partial charge in [0.2, 0.25) is 5.91 Å². The number of urea groups is 1. The number of amides is 4. The standard InChI is InChI=1S/C18H23N3O5S/c1-9-5-6-10-11(7-9)27-14(13(10)15(23)26-4)19-12(22)8-21-16(24)18(2,3)20-17(21)25/h9H,5-8H2,1-4H3,(H,19,22)(H,20,25). The van der Waals surface area contributed by atoms with E-state index in [1.54, 1.807) is 13.8 Å². The number of anilines is 1. The van der Waals surface area contributed by atoms with Crippen molar-refractivity contribution in [1.29, 1.82) is 0 Å². The van der Waals surface area contributed by atoms with Gasteiger partial charge in [0, 0.05) is 4.88 Å². The van der Waals surface area contributed by atoms with E-state index in [1.807, 2.05) is 0 Å². The van der Waals surface area contributed by atoms with Gasteiger partial charge in [0.1, 0.15) is 17.1 Å². The summed E-state index contributed by atoms with van der Waals surface area (Å²) in [5, 5.41) is 5.64. The summed E-state index contributed by atoms with van der Waals surface area (Å²) in [5.74, 6) is -0.977. The summed E-state index contributed by atoms with van der Waals surface area (Å²) in [4.78, 5) is 50.9. The lowest BCUT2D eigenvalue weighted by atomic mass is 9.88. The van der Waals surface area contributed by atoms with Crippen LogP contribution in [0.4, 0.5) is 9.80 Å². The number of rotatable bonds is 4. The molecule has 9 heteroatoms. The molecule has 2 heterocycles. The molecule has 3 rings (SSSR count). The second-order valence-corrected chi connectivity index (χ2v) is 8.65. The number of thiophene rings is 1. The maximum absolute atomic E-state index is 12.5. The highest BCUT2D eigenvalue weighted by Crippen LogP contribution is 2.40. The third-order valence-electron chi connectivity index (χ3n) is 4.90. The molecular formula is C18H23N3O5S. The zero-order chi connectivity index (χ0) is 19.9. The molecule has 8 nitrogen and oxygen atoms in total. The van der Waals surface area contributed by atoms with E-state index >= 15 is 0 Å². The summed E-state index contributed by atoms with van der Waals surface area (Å²) < 4.78 is 4.89. The molecule has 1 atom stereocenters. The Labute approximate surface area is 161 Å². The predicted molar refractivity (Wildman–Crippen MR) is 99.8 cm³/mol. The molecule has 0 saturated carbocycles. The molecule has 146 valence electrons. The molecule has 1 aromatic heterocycles. The molecule has 2 N–H and O–H groups in total. The molecule has 0 radical (unpaired) electrons. The first-order chi connectivity index (χ1) is 12.6. The number of carbonyl (C=O) groups excluding carboxylic acids is 4. The van der Waals surface area contributed by atoms with Crippen LogP contribution < -0.4 is 10.6 Å². The highest BCUT2D eigenvalue weighted by Gasteiger charge is 2.45. The molecule has 2 aliphatic rings. The summed E-state index contributed by atoms with van der Waals surface area (Å²) in [6.07, 6.45) is 2.58. The van der Waals surface area contributed by atoms with E-state index in [-0.39, 0.29) is 0 Å². The highest BCUT2D eigenvalue weighted by molar-refractivity contribution is 7.17. The van der Waals surface area contributed by atoms with Gasteiger partial charge in [-0.25, -0.2) is 9.59 Å². The second kappa shape index (κ2) is 6.95. The monoisotopic (exact) mass is 393 g/mol. The second-order valence-electron chi connectivity index (χ2n) is 7.54. The fourth-order valence-electron chi connectivity index (χ4n) is 3.43. The average Bonchev–Trinajstić information content (AvgIpc) is 3.02. The zero-order valence-corrected chi connectivity index (χ0v) is 16.6. The Bertz CT molecular complexity index is 829. The van der Waals surface area contributed by atoms with Gasteiger partial charge in [0.05, 0.1) is 12.7 Å². The first kappa shape index (κ1) is 19.3. The Balaban J connectivity index is 1.81. The van der Waals surface area contributed by atoms with Gasteiger partial charge in [-0.05, 0) is 44.6 Å².